The van der Waals surface area contributed by atoms with Gasteiger partial charge in [0.25, 0.3) is 0 Å². The molecule has 29 heteroatoms. The van der Waals surface area contributed by atoms with Crippen LogP contribution in [0.3, 0.4) is 0 Å². The largest absolute Gasteiger partial charge is 0.508 e. The molecule has 4 aromatic rings. The van der Waals surface area contributed by atoms with Crippen molar-refractivity contribution in [3.05, 3.63) is 102 Å². The number of aliphatic carboxylic acids is 1. The highest BCUT2D eigenvalue weighted by Crippen LogP contribution is 2.14. The highest BCUT2D eigenvalue weighted by molar-refractivity contribution is 5.99. The summed E-state index contributed by atoms with van der Waals surface area (Å²) in [5, 5.41) is 69.2. The Bertz CT molecular complexity index is 2660. The minimum absolute atomic E-state index is 0.0709. The first-order valence-corrected chi connectivity index (χ1v) is 24.4. The maximum absolute atomic E-state index is 14.4. The summed E-state index contributed by atoms with van der Waals surface area (Å²) < 4.78 is 0. The molecule has 2 aromatic heterocycles. The van der Waals surface area contributed by atoms with Gasteiger partial charge in [-0.1, -0.05) is 56.3 Å². The van der Waals surface area contributed by atoms with E-state index in [0.29, 0.717) is 22.5 Å². The number of aliphatic hydroxyl groups is 3. The number of amides is 9. The lowest BCUT2D eigenvalue weighted by atomic mass is 10.0. The molecule has 10 atom stereocenters. The molecule has 0 aliphatic carbocycles. The Labute approximate surface area is 445 Å². The van der Waals surface area contributed by atoms with E-state index >= 15 is 0 Å². The Balaban J connectivity index is 1.53. The van der Waals surface area contributed by atoms with E-state index in [1.54, 1.807) is 44.2 Å². The quantitative estimate of drug-likeness (QED) is 0.0223. The summed E-state index contributed by atoms with van der Waals surface area (Å²) in [5.41, 5.74) is 13.2. The Morgan fingerprint density at radius 3 is 1.45 bits per heavy atom. The molecular formula is C49H66N14O15. The molecule has 9 amide bonds. The number of hydrogen-bond acceptors (Lipinski definition) is 17. The number of aromatic amines is 2. The third-order valence-corrected chi connectivity index (χ3v) is 11.8. The third-order valence-electron chi connectivity index (χ3n) is 11.8. The molecule has 0 saturated heterocycles. The van der Waals surface area contributed by atoms with Crippen LogP contribution in [0.2, 0.25) is 0 Å². The summed E-state index contributed by atoms with van der Waals surface area (Å²) in [6.45, 7) is 2.13. The van der Waals surface area contributed by atoms with Crippen LogP contribution in [0.1, 0.15) is 49.7 Å². The van der Waals surface area contributed by atoms with Gasteiger partial charge in [-0.3, -0.25) is 43.2 Å². The van der Waals surface area contributed by atoms with E-state index in [9.17, 15) is 73.5 Å². The highest BCUT2D eigenvalue weighted by atomic mass is 16.4. The number of benzene rings is 2. The van der Waals surface area contributed by atoms with Gasteiger partial charge in [-0.25, -0.2) is 14.8 Å². The van der Waals surface area contributed by atoms with Crippen molar-refractivity contribution in [3.8, 4) is 5.75 Å². The number of nitrogens with two attached hydrogens (primary N) is 2. The lowest BCUT2D eigenvalue weighted by Crippen LogP contribution is -2.63. The maximum Gasteiger partial charge on any atom is 0.326 e. The van der Waals surface area contributed by atoms with Gasteiger partial charge in [0, 0.05) is 43.0 Å². The second kappa shape index (κ2) is 30.1. The molecule has 0 aliphatic heterocycles. The number of carboxylic acid groups (broad SMARTS) is 1. The maximum atomic E-state index is 14.4. The number of nitrogens with one attached hydrogen (secondary N) is 10. The van der Waals surface area contributed by atoms with Crippen LogP contribution in [-0.4, -0.2) is 178 Å². The Morgan fingerprint density at radius 1 is 0.526 bits per heavy atom. The molecule has 0 unspecified atom stereocenters. The van der Waals surface area contributed by atoms with Crippen LogP contribution in [0.25, 0.3) is 0 Å². The molecule has 0 saturated carbocycles. The molecular weight excluding hydrogens is 1020 g/mol. The second-order valence-corrected chi connectivity index (χ2v) is 18.4. The van der Waals surface area contributed by atoms with E-state index in [-0.39, 0.29) is 31.4 Å². The van der Waals surface area contributed by atoms with Crippen molar-refractivity contribution in [2.45, 2.75) is 113 Å². The van der Waals surface area contributed by atoms with Gasteiger partial charge in [-0.05, 0) is 42.5 Å². The van der Waals surface area contributed by atoms with Crippen molar-refractivity contribution in [2.24, 2.45) is 17.4 Å². The molecule has 4 rings (SSSR count). The molecule has 29 nitrogen and oxygen atoms in total. The molecule has 2 heterocycles. The van der Waals surface area contributed by atoms with E-state index in [0.717, 1.165) is 6.92 Å². The van der Waals surface area contributed by atoms with Crippen molar-refractivity contribution in [2.75, 3.05) is 13.2 Å². The number of carboxylic acids is 1. The average Bonchev–Trinajstić information content (AvgIpc) is 4.13. The van der Waals surface area contributed by atoms with Gasteiger partial charge in [-0.15, -0.1) is 0 Å². The van der Waals surface area contributed by atoms with Crippen molar-refractivity contribution in [1.82, 2.24) is 62.5 Å². The molecule has 0 radical (unpaired) electrons. The zero-order valence-electron chi connectivity index (χ0n) is 42.7. The molecule has 422 valence electrons. The minimum atomic E-state index is -1.98. The Morgan fingerprint density at radius 2 is 0.949 bits per heavy atom. The smallest absolute Gasteiger partial charge is 0.326 e. The molecule has 0 spiro atoms. The molecule has 0 aliphatic rings. The van der Waals surface area contributed by atoms with Crippen LogP contribution in [-0.2, 0) is 73.6 Å². The number of primary amides is 1. The zero-order chi connectivity index (χ0) is 57.6. The first kappa shape index (κ1) is 61.7. The number of aromatic nitrogens is 4. The lowest BCUT2D eigenvalue weighted by molar-refractivity contribution is -0.142. The van der Waals surface area contributed by atoms with E-state index in [1.165, 1.54) is 49.3 Å². The number of rotatable bonds is 31. The van der Waals surface area contributed by atoms with Gasteiger partial charge in [0.1, 0.15) is 54.1 Å². The SMILES string of the molecule is CC(C)[C@H](NC(=O)[C@H](Cc1cnc[nH]1)NC(=O)[C@H](Cc1ccc(O)cc1)NC(=O)[C@H](CC(N)=O)NC(=O)[C@@H](NC(=O)[C@H](CO)NC(=O)[C@H](CO)NC(=O)[C@@H](N)Cc1ccccc1)[C@@H](C)O)C(=O)N[C@@H](Cc1cnc[nH]1)C(=O)O. The normalized spacial score (nSPS) is 15.0. The zero-order valence-corrected chi connectivity index (χ0v) is 42.7. The average molecular weight is 1090 g/mol. The predicted molar refractivity (Wildman–Crippen MR) is 272 cm³/mol. The number of carbonyl (C=O) groups is 10. The number of H-pyrrole nitrogens is 2. The number of nitrogens with zero attached hydrogens (tertiary/aromatic N) is 2. The fraction of sp³-hybridized carbons (Fsp3) is 0.429. The number of carbonyl (C=O) groups excluding carboxylic acids is 9. The first-order valence-electron chi connectivity index (χ1n) is 24.4. The number of phenolic OH excluding ortho intramolecular Hbond substituents is 1. The molecule has 0 bridgehead atoms. The number of phenols is 1. The molecule has 78 heavy (non-hydrogen) atoms. The van der Waals surface area contributed by atoms with Crippen molar-refractivity contribution < 1.29 is 73.5 Å². The summed E-state index contributed by atoms with van der Waals surface area (Å²) in [7, 11) is 0. The fourth-order valence-electron chi connectivity index (χ4n) is 7.54. The number of aliphatic hydroxyl groups excluding tert-OH is 3. The third kappa shape index (κ3) is 19.4. The topological polar surface area (TPSA) is 477 Å². The van der Waals surface area contributed by atoms with Gasteiger partial charge in [0.15, 0.2) is 0 Å². The van der Waals surface area contributed by atoms with Crippen LogP contribution in [0.15, 0.2) is 79.6 Å². The summed E-state index contributed by atoms with van der Waals surface area (Å²) in [6.07, 6.45) is 1.90. The second-order valence-electron chi connectivity index (χ2n) is 18.4. The van der Waals surface area contributed by atoms with Crippen LogP contribution in [0.5, 0.6) is 5.75 Å². The van der Waals surface area contributed by atoms with Gasteiger partial charge < -0.3 is 89.5 Å². The van der Waals surface area contributed by atoms with Gasteiger partial charge in [0.2, 0.25) is 53.2 Å². The van der Waals surface area contributed by atoms with Crippen molar-refractivity contribution >= 4 is 59.1 Å². The predicted octanol–water partition coefficient (Wildman–Crippen LogP) is -5.70. The van der Waals surface area contributed by atoms with Crippen LogP contribution >= 0.6 is 0 Å². The number of aromatic hydroxyl groups is 1. The van der Waals surface area contributed by atoms with Crippen LogP contribution in [0, 0.1) is 5.92 Å². The number of hydrogen-bond donors (Lipinski definition) is 17. The van der Waals surface area contributed by atoms with Gasteiger partial charge in [-0.2, -0.15) is 0 Å². The highest BCUT2D eigenvalue weighted by Gasteiger charge is 2.37. The molecule has 2 aromatic carbocycles. The monoisotopic (exact) mass is 1090 g/mol. The summed E-state index contributed by atoms with van der Waals surface area (Å²) >= 11 is 0. The Kier molecular flexibility index (Phi) is 23.8. The van der Waals surface area contributed by atoms with E-state index in [2.05, 4.69) is 62.5 Å². The van der Waals surface area contributed by atoms with E-state index < -0.39 is 145 Å². The summed E-state index contributed by atoms with van der Waals surface area (Å²) in [4.78, 5) is 147. The first-order chi connectivity index (χ1) is 37.0. The van der Waals surface area contributed by atoms with Crippen molar-refractivity contribution in [1.29, 1.82) is 0 Å². The fourth-order valence-corrected chi connectivity index (χ4v) is 7.54. The lowest BCUT2D eigenvalue weighted by Gasteiger charge is -2.28. The van der Waals surface area contributed by atoms with Gasteiger partial charge in [0.05, 0.1) is 44.4 Å². The summed E-state index contributed by atoms with van der Waals surface area (Å²) in [6, 6.07) is -0.575. The van der Waals surface area contributed by atoms with Crippen molar-refractivity contribution in [3.63, 3.8) is 0 Å². The Hall–Kier alpha value is -8.80. The minimum Gasteiger partial charge on any atom is -0.508 e. The van der Waals surface area contributed by atoms with E-state index in [4.69, 9.17) is 11.5 Å². The standard InChI is InChI=1S/C49H66N14O15/c1-24(2)39(47(75)59-35(49(77)78)16-29-19-53-23-55-29)62-44(72)33(15-28-18-52-22-54-28)57-42(70)32(14-27-9-11-30(67)12-10-27)56-43(71)34(17-38(51)68)58-48(76)40(25(3)66)63-46(74)37(21-65)61-45(73)36(20-64)60-41(69)31(50)13-26-7-5-4-6-8-26/h4-12,18-19,22-25,31-37,39-40,64-67H,13-17,20-21,50H2,1-3H3,(H2,51,68)(H,52,54)(H,53,55)(H,56,71)(H,57,70)(H,58,76)(H,59,75)(H,60,69)(H,61,73)(H,62,72)(H,63,74)(H,77,78)/t25-,31+,32+,33+,34+,35+,36+,37+,39+,40+/m1/s1. The van der Waals surface area contributed by atoms with Gasteiger partial charge >= 0.3 is 5.97 Å². The van der Waals surface area contributed by atoms with E-state index in [1.807, 2.05) is 0 Å². The molecule has 19 N–H and O–H groups in total. The number of imidazole rings is 2. The summed E-state index contributed by atoms with van der Waals surface area (Å²) in [5.74, 6) is -12.0. The van der Waals surface area contributed by atoms with Crippen LogP contribution in [0.4, 0.5) is 0 Å². The molecule has 0 fully saturated rings. The van der Waals surface area contributed by atoms with Crippen LogP contribution < -0.4 is 54.0 Å².